The van der Waals surface area contributed by atoms with E-state index in [0.717, 1.165) is 0 Å². The molecule has 0 radical (unpaired) electrons. The normalized spacial score (nSPS) is 28.5. The predicted molar refractivity (Wildman–Crippen MR) is 289 cm³/mol. The van der Waals surface area contributed by atoms with Gasteiger partial charge < -0.3 is 198 Å². The van der Waals surface area contributed by atoms with Gasteiger partial charge in [-0.25, -0.2) is 57.5 Å². The van der Waals surface area contributed by atoms with Crippen molar-refractivity contribution in [2.24, 2.45) is 0 Å². The Balaban J connectivity index is -0.000000270. The van der Waals surface area contributed by atoms with Crippen LogP contribution in [0.3, 0.4) is 0 Å². The van der Waals surface area contributed by atoms with Crippen molar-refractivity contribution in [3.63, 3.8) is 0 Å². The summed E-state index contributed by atoms with van der Waals surface area (Å²) in [5.74, 6) is 0. The Bertz CT molecular complexity index is 2240. The molecule has 0 atom stereocenters. The van der Waals surface area contributed by atoms with Gasteiger partial charge in [0.25, 0.3) is 0 Å². The Morgan fingerprint density at radius 3 is 0.216 bits per heavy atom. The number of rotatable bonds is 0. The summed E-state index contributed by atoms with van der Waals surface area (Å²) in [5, 5.41) is 0. The molecule has 0 aromatic rings. The summed E-state index contributed by atoms with van der Waals surface area (Å²) in [5.41, 5.74) is 0. The summed E-state index contributed by atoms with van der Waals surface area (Å²) in [4.78, 5) is 213. The van der Waals surface area contributed by atoms with E-state index in [0.29, 0.717) is 0 Å². The number of urea groups is 12. The summed E-state index contributed by atoms with van der Waals surface area (Å²) >= 11 is 0. The molecule has 0 aromatic carbocycles. The van der Waals surface area contributed by atoms with Crippen LogP contribution in [0.25, 0.3) is 0 Å². The van der Waals surface area contributed by atoms with Crippen molar-refractivity contribution in [3.05, 3.63) is 0 Å². The SMILES string of the molecule is O.O.O.O.O.O.O.O.O.O.O.O.O.O.O.O.O.O.O=C1N2CN3C(=O)N4CN5C(=O)N6CN7C(=O)N8CN9C(=O)N%10CN%11C(=O)N%12CN1C1C2N2CN%13C(=O)N(CN%14C(=O)N(CN%15C(=O)N(CN%16C(=O)N(CN%17C(=O)N(CN1C2=O)C%12C%11%17)C%10C9%16)C8C7%15)C6C5%14)C4C3%13.[Ca+2].[Ca+2].[Cl-].[Cl-].[Cl-].[Cl-].[Cl-].[Cl-].[Cl-].[Cl-].[Zn+2].[Zn+2]. The first-order valence-electron chi connectivity index (χ1n) is 23.6. The van der Waals surface area contributed by atoms with Gasteiger partial charge in [0.05, 0.1) is 0 Å². The van der Waals surface area contributed by atoms with Crippen molar-refractivity contribution in [2.45, 2.75) is 74.0 Å². The maximum absolute atomic E-state index is 15.1. The van der Waals surface area contributed by atoms with E-state index in [-0.39, 0.29) is 312 Å². The molecule has 0 unspecified atom stereocenters. The standard InChI is InChI=1S/C36H36N24O12.2Ca.8ClH.18H2O.2Zn/c61-25-37-1-38-14-16-42(26(38)62)4-46-18-20-50(30(46)66)8-54-22-24-58(34(54)70)11-57-23-21-53(33(57)69)7-49-19-17-45(29(49)65)3-41(25)15-13(37)39-2-40(14)28(64)44(16)6-48(18)32(68)52(20)10-56(22)36(72)60(24)12-59(23)35(71)55(21)9-51(19)31(67)47(17)5-43(15)27(39)63;;;;;;;;;;;;;;;;;;;;;;;;;;;;;;/h13-24H,1-12H2;;;8*1H;18*1H2;;/q;2*+2;;;;;;;;;;;;;;;;;;;;;;;;;;;2*+2/p-8. The molecule has 18 heterocycles. The van der Waals surface area contributed by atoms with Crippen molar-refractivity contribution in [3.8, 4) is 0 Å². The molecular formula is C36H72Ca2Cl8N24O30Zn2. The van der Waals surface area contributed by atoms with Gasteiger partial charge in [-0.2, -0.15) is 0 Å². The summed E-state index contributed by atoms with van der Waals surface area (Å²) < 4.78 is 0. The fraction of sp³-hybridized carbons (Fsp3) is 0.667. The summed E-state index contributed by atoms with van der Waals surface area (Å²) in [6.45, 7) is -5.48. The van der Waals surface area contributed by atoms with E-state index in [1.54, 1.807) is 0 Å². The zero-order valence-corrected chi connectivity index (χ0v) is 68.3. The minimum atomic E-state index is -1.16. The molecule has 18 aliphatic rings. The van der Waals surface area contributed by atoms with Crippen LogP contribution in [0.5, 0.6) is 0 Å². The van der Waals surface area contributed by atoms with E-state index < -0.39 is 226 Å². The van der Waals surface area contributed by atoms with Gasteiger partial charge in [0.1, 0.15) is 80.0 Å². The number of carbonyl (C=O) groups is 12. The van der Waals surface area contributed by atoms with Crippen LogP contribution < -0.4 is 99.3 Å². The first-order chi connectivity index (χ1) is 34.7. The smallest absolute Gasteiger partial charge is 1.00 e. The number of carbonyl (C=O) groups excluding carboxylic acids is 12. The molecule has 18 aliphatic heterocycles. The van der Waals surface area contributed by atoms with Crippen molar-refractivity contribution in [2.75, 3.05) is 80.0 Å². The zero-order chi connectivity index (χ0) is 48.2. The third-order valence-electron chi connectivity index (χ3n) is 18.8. The Hall–Kier alpha value is -3.39. The van der Waals surface area contributed by atoms with Crippen LogP contribution >= 0.6 is 0 Å². The van der Waals surface area contributed by atoms with Gasteiger partial charge in [-0.3, -0.25) is 118 Å². The van der Waals surface area contributed by atoms with Crippen molar-refractivity contribution in [1.29, 1.82) is 0 Å². The zero-order valence-electron chi connectivity index (χ0n) is 51.9. The molecule has 18 saturated heterocycles. The van der Waals surface area contributed by atoms with E-state index in [4.69, 9.17) is 0 Å². The van der Waals surface area contributed by atoms with E-state index in [9.17, 15) is 0 Å². The van der Waals surface area contributed by atoms with E-state index in [2.05, 4.69) is 0 Å². The molecule has 0 aromatic heterocycles. The maximum atomic E-state index is 15.1. The predicted octanol–water partition coefficient (Wildman–Crippen LogP) is -45.2. The summed E-state index contributed by atoms with van der Waals surface area (Å²) in [6, 6.07) is -7.90. The van der Waals surface area contributed by atoms with E-state index in [1.165, 1.54) is 118 Å². The van der Waals surface area contributed by atoms with Gasteiger partial charge in [0.2, 0.25) is 0 Å². The van der Waals surface area contributed by atoms with Gasteiger partial charge in [0, 0.05) is 0 Å². The second-order valence-corrected chi connectivity index (χ2v) is 21.3. The molecule has 580 valence electrons. The van der Waals surface area contributed by atoms with Gasteiger partial charge >= 0.3 is 187 Å². The van der Waals surface area contributed by atoms with Crippen LogP contribution in [0.2, 0.25) is 0 Å². The number of nitrogens with zero attached hydrogens (tertiary/aromatic N) is 24. The second-order valence-electron chi connectivity index (χ2n) is 21.3. The quantitative estimate of drug-likeness (QED) is 0.204. The van der Waals surface area contributed by atoms with Crippen molar-refractivity contribution >= 4 is 148 Å². The summed E-state index contributed by atoms with van der Waals surface area (Å²) in [7, 11) is 0. The van der Waals surface area contributed by atoms with Gasteiger partial charge in [-0.05, 0) is 0 Å². The molecule has 102 heavy (non-hydrogen) atoms. The minimum absolute atomic E-state index is 0. The molecule has 24 amide bonds. The Morgan fingerprint density at radius 2 is 0.176 bits per heavy atom. The molecule has 54 nitrogen and oxygen atoms in total. The van der Waals surface area contributed by atoms with Crippen LogP contribution in [-0.4, -0.2) is 518 Å². The van der Waals surface area contributed by atoms with Crippen LogP contribution in [0, 0.1) is 0 Å². The molecular weight excluding hydrogens is 1740 g/mol. The molecule has 66 heteroatoms. The number of halogens is 8. The van der Waals surface area contributed by atoms with Crippen molar-refractivity contribution in [1.82, 2.24) is 118 Å². The average molecular weight is 1820 g/mol. The van der Waals surface area contributed by atoms with Crippen LogP contribution in [0.1, 0.15) is 0 Å². The largest absolute Gasteiger partial charge is 2.00 e. The van der Waals surface area contributed by atoms with E-state index >= 15 is 57.5 Å². The second kappa shape index (κ2) is 39.1. The first-order valence-corrected chi connectivity index (χ1v) is 23.6. The van der Waals surface area contributed by atoms with Gasteiger partial charge in [-0.1, -0.05) is 0 Å². The Labute approximate surface area is 706 Å². The Kier molecular flexibility index (Phi) is 48.0. The molecule has 0 aliphatic carbocycles. The third kappa shape index (κ3) is 13.0. The fourth-order valence-electron chi connectivity index (χ4n) is 16.0. The molecule has 36 N–H and O–H groups in total. The number of hydrogen-bond acceptors (Lipinski definition) is 12. The molecule has 0 bridgehead atoms. The van der Waals surface area contributed by atoms with Crippen LogP contribution in [0.15, 0.2) is 0 Å². The van der Waals surface area contributed by atoms with Gasteiger partial charge in [-0.15, -0.1) is 0 Å². The Morgan fingerprint density at radius 1 is 0.137 bits per heavy atom. The average Bonchev–Trinajstić information content (AvgIpc) is 1.56. The minimum Gasteiger partial charge on any atom is -1.00 e. The first kappa shape index (κ1) is 125. The number of amides is 24. The van der Waals surface area contributed by atoms with Gasteiger partial charge in [0.15, 0.2) is 74.0 Å². The summed E-state index contributed by atoms with van der Waals surface area (Å²) in [6.07, 6.45) is -13.9. The van der Waals surface area contributed by atoms with E-state index in [1.807, 2.05) is 0 Å². The van der Waals surface area contributed by atoms with Crippen LogP contribution in [-0.2, 0) is 39.0 Å². The number of hydrogen-bond donors (Lipinski definition) is 0. The van der Waals surface area contributed by atoms with Crippen LogP contribution in [0.4, 0.5) is 57.5 Å². The fourth-order valence-corrected chi connectivity index (χ4v) is 16.0. The van der Waals surface area contributed by atoms with Crippen molar-refractivity contribution < 1.29 is 294 Å². The molecule has 18 fully saturated rings. The maximum Gasteiger partial charge on any atom is 2.00 e. The molecule has 18 rings (SSSR count). The molecule has 0 spiro atoms. The monoisotopic (exact) mass is 1810 g/mol. The molecule has 0 saturated carbocycles. The third-order valence-corrected chi connectivity index (χ3v) is 18.8. The topological polar surface area (TPSA) is 850 Å².